The molecule has 3 aromatic rings. The number of nitrogens with zero attached hydrogens (tertiary/aromatic N) is 2. The third-order valence-electron chi connectivity index (χ3n) is 4.15. The summed E-state index contributed by atoms with van der Waals surface area (Å²) in [5.41, 5.74) is -1.51. The van der Waals surface area contributed by atoms with Crippen molar-refractivity contribution in [3.05, 3.63) is 65.6 Å². The van der Waals surface area contributed by atoms with E-state index in [1.165, 1.54) is 35.0 Å². The van der Waals surface area contributed by atoms with Crippen LogP contribution in [0, 0.1) is 17.1 Å². The summed E-state index contributed by atoms with van der Waals surface area (Å²) in [6.45, 7) is -0.221. The molecule has 0 radical (unpaired) electrons. The van der Waals surface area contributed by atoms with Crippen molar-refractivity contribution >= 4 is 22.5 Å². The van der Waals surface area contributed by atoms with Crippen LogP contribution in [0.15, 0.2) is 48.7 Å². The topological polar surface area (TPSA) is 78.1 Å². The van der Waals surface area contributed by atoms with Gasteiger partial charge in [-0.05, 0) is 36.4 Å². The maximum absolute atomic E-state index is 13.7. The molecule has 2 aromatic carbocycles. The lowest BCUT2D eigenvalue weighted by Gasteiger charge is -2.15. The molecule has 5 nitrogen and oxygen atoms in total. The van der Waals surface area contributed by atoms with Crippen LogP contribution in [0.4, 0.5) is 23.2 Å². The number of rotatable bonds is 4. The van der Waals surface area contributed by atoms with Gasteiger partial charge in [0.05, 0.1) is 29.3 Å². The highest BCUT2D eigenvalue weighted by molar-refractivity contribution is 5.94. The quantitative estimate of drug-likeness (QED) is 0.666. The van der Waals surface area contributed by atoms with Crippen LogP contribution in [-0.2, 0) is 17.5 Å². The fourth-order valence-corrected chi connectivity index (χ4v) is 2.79. The third-order valence-corrected chi connectivity index (χ3v) is 4.15. The van der Waals surface area contributed by atoms with Gasteiger partial charge in [0.1, 0.15) is 5.82 Å². The fourth-order valence-electron chi connectivity index (χ4n) is 2.79. The summed E-state index contributed by atoms with van der Waals surface area (Å²) in [6, 6.07) is 10.0. The first-order valence-corrected chi connectivity index (χ1v) is 8.04. The van der Waals surface area contributed by atoms with Gasteiger partial charge in [-0.2, -0.15) is 18.4 Å². The van der Waals surface area contributed by atoms with Crippen LogP contribution in [0.1, 0.15) is 11.1 Å². The minimum Gasteiger partial charge on any atom is -0.381 e. The van der Waals surface area contributed by atoms with Crippen molar-refractivity contribution in [2.45, 2.75) is 18.8 Å². The molecule has 1 amide bonds. The molecular formula is C19H13F4N3O2. The van der Waals surface area contributed by atoms with Crippen molar-refractivity contribution in [3.63, 3.8) is 0 Å². The highest BCUT2D eigenvalue weighted by atomic mass is 19.4. The zero-order valence-electron chi connectivity index (χ0n) is 14.2. The predicted octanol–water partition coefficient (Wildman–Crippen LogP) is 3.67. The predicted molar refractivity (Wildman–Crippen MR) is 92.7 cm³/mol. The SMILES string of the molecule is N#Cc1ccc(NC(=O)[C@@H](O)Cn2ccc3c(F)cccc32)cc1C(F)(F)F. The first kappa shape index (κ1) is 19.4. The van der Waals surface area contributed by atoms with Crippen LogP contribution in [0.25, 0.3) is 10.9 Å². The summed E-state index contributed by atoms with van der Waals surface area (Å²) in [5, 5.41) is 21.4. The second-order valence-corrected chi connectivity index (χ2v) is 6.02. The normalized spacial score (nSPS) is 12.6. The molecule has 1 aromatic heterocycles. The van der Waals surface area contributed by atoms with E-state index in [9.17, 15) is 27.5 Å². The number of anilines is 1. The Morgan fingerprint density at radius 2 is 2.00 bits per heavy atom. The molecule has 0 bridgehead atoms. The number of aliphatic hydroxyl groups is 1. The molecule has 0 saturated carbocycles. The number of hydrogen-bond acceptors (Lipinski definition) is 3. The Balaban J connectivity index is 1.77. The van der Waals surface area contributed by atoms with E-state index in [-0.39, 0.29) is 12.2 Å². The van der Waals surface area contributed by atoms with Gasteiger partial charge in [-0.3, -0.25) is 4.79 Å². The molecule has 1 atom stereocenters. The van der Waals surface area contributed by atoms with E-state index in [0.29, 0.717) is 17.0 Å². The van der Waals surface area contributed by atoms with Crippen LogP contribution in [-0.4, -0.2) is 21.7 Å². The number of carbonyl (C=O) groups is 1. The zero-order valence-corrected chi connectivity index (χ0v) is 14.2. The number of halogens is 4. The van der Waals surface area contributed by atoms with Gasteiger partial charge in [0.15, 0.2) is 6.10 Å². The minimum atomic E-state index is -4.77. The van der Waals surface area contributed by atoms with Gasteiger partial charge in [-0.1, -0.05) is 6.07 Å². The number of hydrogen-bond donors (Lipinski definition) is 2. The molecule has 3 rings (SSSR count). The Hall–Kier alpha value is -3.38. The highest BCUT2D eigenvalue weighted by Gasteiger charge is 2.34. The van der Waals surface area contributed by atoms with Crippen molar-refractivity contribution in [1.29, 1.82) is 5.26 Å². The molecule has 0 spiro atoms. The standard InChI is InChI=1S/C19H13F4N3O2/c20-15-2-1-3-16-13(15)6-7-26(16)10-17(27)18(28)25-12-5-4-11(9-24)14(8-12)19(21,22)23/h1-8,17,27H,10H2,(H,25,28)/t17-/m0/s1. The minimum absolute atomic E-state index is 0.209. The van der Waals surface area contributed by atoms with Gasteiger partial charge in [0.25, 0.3) is 5.91 Å². The average molecular weight is 391 g/mol. The molecule has 28 heavy (non-hydrogen) atoms. The van der Waals surface area contributed by atoms with Crippen LogP contribution in [0.3, 0.4) is 0 Å². The van der Waals surface area contributed by atoms with Crippen molar-refractivity contribution in [2.24, 2.45) is 0 Å². The zero-order chi connectivity index (χ0) is 20.5. The molecular weight excluding hydrogens is 378 g/mol. The fraction of sp³-hybridized carbons (Fsp3) is 0.158. The molecule has 0 aliphatic rings. The van der Waals surface area contributed by atoms with Crippen LogP contribution in [0.5, 0.6) is 0 Å². The van der Waals surface area contributed by atoms with E-state index in [1.54, 1.807) is 6.07 Å². The monoisotopic (exact) mass is 391 g/mol. The van der Waals surface area contributed by atoms with Gasteiger partial charge in [-0.25, -0.2) is 4.39 Å². The van der Waals surface area contributed by atoms with Crippen molar-refractivity contribution < 1.29 is 27.5 Å². The van der Waals surface area contributed by atoms with Crippen LogP contribution < -0.4 is 5.32 Å². The molecule has 0 aliphatic heterocycles. The summed E-state index contributed by atoms with van der Waals surface area (Å²) in [5.74, 6) is -1.39. The largest absolute Gasteiger partial charge is 0.417 e. The molecule has 0 fully saturated rings. The summed E-state index contributed by atoms with van der Waals surface area (Å²) in [6.07, 6.45) is -4.87. The molecule has 0 aliphatic carbocycles. The Kier molecular flexibility index (Phi) is 5.07. The molecule has 144 valence electrons. The molecule has 0 saturated heterocycles. The number of fused-ring (bicyclic) bond motifs is 1. The van der Waals surface area contributed by atoms with E-state index >= 15 is 0 Å². The van der Waals surface area contributed by atoms with Crippen LogP contribution >= 0.6 is 0 Å². The number of benzene rings is 2. The number of carbonyl (C=O) groups excluding carboxylic acids is 1. The lowest BCUT2D eigenvalue weighted by Crippen LogP contribution is -2.31. The summed E-state index contributed by atoms with van der Waals surface area (Å²) in [7, 11) is 0. The van der Waals surface area contributed by atoms with Gasteiger partial charge in [-0.15, -0.1) is 0 Å². The summed E-state index contributed by atoms with van der Waals surface area (Å²) < 4.78 is 54.2. The Labute approximate surface area is 156 Å². The first-order chi connectivity index (χ1) is 13.2. The van der Waals surface area contributed by atoms with Crippen molar-refractivity contribution in [2.75, 3.05) is 5.32 Å². The number of alkyl halides is 3. The lowest BCUT2D eigenvalue weighted by molar-refractivity contribution is -0.137. The first-order valence-electron chi connectivity index (χ1n) is 8.04. The van der Waals surface area contributed by atoms with E-state index in [2.05, 4.69) is 5.32 Å². The van der Waals surface area contributed by atoms with E-state index in [1.807, 2.05) is 0 Å². The van der Waals surface area contributed by atoms with E-state index in [4.69, 9.17) is 5.26 Å². The molecule has 1 heterocycles. The highest BCUT2D eigenvalue weighted by Crippen LogP contribution is 2.33. The van der Waals surface area contributed by atoms with Gasteiger partial charge < -0.3 is 15.0 Å². The molecule has 0 unspecified atom stereocenters. The maximum Gasteiger partial charge on any atom is 0.417 e. The Morgan fingerprint density at radius 1 is 1.25 bits per heavy atom. The average Bonchev–Trinajstić information content (AvgIpc) is 3.05. The van der Waals surface area contributed by atoms with E-state index < -0.39 is 35.1 Å². The maximum atomic E-state index is 13.7. The summed E-state index contributed by atoms with van der Waals surface area (Å²) in [4.78, 5) is 12.2. The Bertz CT molecular complexity index is 1080. The molecule has 9 heteroatoms. The van der Waals surface area contributed by atoms with Gasteiger partial charge in [0, 0.05) is 17.3 Å². The van der Waals surface area contributed by atoms with Crippen molar-refractivity contribution in [3.8, 4) is 6.07 Å². The van der Waals surface area contributed by atoms with Crippen molar-refractivity contribution in [1.82, 2.24) is 4.57 Å². The number of aromatic nitrogens is 1. The van der Waals surface area contributed by atoms with Crippen LogP contribution in [0.2, 0.25) is 0 Å². The third kappa shape index (κ3) is 3.82. The Morgan fingerprint density at radius 3 is 2.68 bits per heavy atom. The number of nitriles is 1. The van der Waals surface area contributed by atoms with E-state index in [0.717, 1.165) is 12.1 Å². The van der Waals surface area contributed by atoms with Gasteiger partial charge >= 0.3 is 6.18 Å². The number of aliphatic hydroxyl groups excluding tert-OH is 1. The second-order valence-electron chi connectivity index (χ2n) is 6.02. The smallest absolute Gasteiger partial charge is 0.381 e. The number of nitrogens with one attached hydrogen (secondary N) is 1. The molecule has 2 N–H and O–H groups in total. The summed E-state index contributed by atoms with van der Waals surface area (Å²) >= 11 is 0. The van der Waals surface area contributed by atoms with Gasteiger partial charge in [0.2, 0.25) is 0 Å². The lowest BCUT2D eigenvalue weighted by atomic mass is 10.1. The number of amides is 1. The second kappa shape index (κ2) is 7.32.